The van der Waals surface area contributed by atoms with Crippen molar-refractivity contribution in [1.82, 2.24) is 0 Å². The second kappa shape index (κ2) is 6.23. The first-order valence-electron chi connectivity index (χ1n) is 6.98. The molecule has 0 bridgehead atoms. The first-order valence-corrected chi connectivity index (χ1v) is 6.98. The van der Waals surface area contributed by atoms with Crippen molar-refractivity contribution in [2.45, 2.75) is 71.8 Å². The van der Waals surface area contributed by atoms with Crippen molar-refractivity contribution >= 4 is 5.97 Å². The highest BCUT2D eigenvalue weighted by Crippen LogP contribution is 2.36. The van der Waals surface area contributed by atoms with E-state index in [1.165, 1.54) is 18.4 Å². The number of esters is 1. The summed E-state index contributed by atoms with van der Waals surface area (Å²) in [6, 6.07) is 0. The van der Waals surface area contributed by atoms with Crippen molar-refractivity contribution in [3.05, 3.63) is 11.6 Å². The van der Waals surface area contributed by atoms with Gasteiger partial charge in [0.25, 0.3) is 0 Å². The highest BCUT2D eigenvalue weighted by atomic mass is 16.6. The maximum absolute atomic E-state index is 11.9. The molecule has 0 radical (unpaired) electrons. The minimum Gasteiger partial charge on any atom is -0.454 e. The van der Waals surface area contributed by atoms with Gasteiger partial charge in [0.1, 0.15) is 5.60 Å². The highest BCUT2D eigenvalue weighted by Gasteiger charge is 2.35. The molecule has 1 aliphatic rings. The van der Waals surface area contributed by atoms with Gasteiger partial charge in [-0.2, -0.15) is 0 Å². The number of rotatable bonds is 5. The number of allylic oxidation sites excluding steroid dienone is 1. The van der Waals surface area contributed by atoms with E-state index in [1.807, 2.05) is 13.8 Å². The summed E-state index contributed by atoms with van der Waals surface area (Å²) < 4.78 is 5.83. The van der Waals surface area contributed by atoms with Crippen LogP contribution >= 0.6 is 0 Å². The molecule has 17 heavy (non-hydrogen) atoms. The molecular weight excluding hydrogens is 212 g/mol. The minimum atomic E-state index is -0.332. The second-order valence-corrected chi connectivity index (χ2v) is 5.25. The third kappa shape index (κ3) is 3.34. The summed E-state index contributed by atoms with van der Waals surface area (Å²) in [6.07, 6.45) is 8.78. The Balaban J connectivity index is 2.87. The lowest BCUT2D eigenvalue weighted by atomic mass is 9.81. The zero-order valence-corrected chi connectivity index (χ0v) is 11.7. The fourth-order valence-corrected chi connectivity index (χ4v) is 2.48. The molecule has 0 atom stereocenters. The average Bonchev–Trinajstić information content (AvgIpc) is 2.36. The lowest BCUT2D eigenvalue weighted by Crippen LogP contribution is -2.38. The molecule has 2 heteroatoms. The number of carbonyl (C=O) groups is 1. The zero-order valence-electron chi connectivity index (χ0n) is 11.7. The van der Waals surface area contributed by atoms with Crippen molar-refractivity contribution in [3.63, 3.8) is 0 Å². The van der Waals surface area contributed by atoms with Gasteiger partial charge in [-0.25, -0.2) is 0 Å². The van der Waals surface area contributed by atoms with Crippen LogP contribution in [0.3, 0.4) is 0 Å². The van der Waals surface area contributed by atoms with E-state index in [0.29, 0.717) is 0 Å². The maximum Gasteiger partial charge on any atom is 0.309 e. The van der Waals surface area contributed by atoms with Gasteiger partial charge in [-0.1, -0.05) is 33.8 Å². The lowest BCUT2D eigenvalue weighted by molar-refractivity contribution is -0.161. The van der Waals surface area contributed by atoms with Gasteiger partial charge in [-0.15, -0.1) is 0 Å². The van der Waals surface area contributed by atoms with Crippen molar-refractivity contribution in [3.8, 4) is 0 Å². The molecule has 0 aliphatic heterocycles. The molecule has 0 aromatic rings. The summed E-state index contributed by atoms with van der Waals surface area (Å²) in [5.41, 5.74) is 1.02. The molecule has 1 rings (SSSR count). The molecule has 0 N–H and O–H groups in total. The number of carbonyl (C=O) groups excluding carboxylic acids is 1. The Kier molecular flexibility index (Phi) is 5.23. The monoisotopic (exact) mass is 238 g/mol. The van der Waals surface area contributed by atoms with Crippen LogP contribution in [0.4, 0.5) is 0 Å². The summed E-state index contributed by atoms with van der Waals surface area (Å²) in [5.74, 6) is -0.114. The van der Waals surface area contributed by atoms with Crippen LogP contribution in [0, 0.1) is 5.92 Å². The third-order valence-electron chi connectivity index (χ3n) is 3.79. The average molecular weight is 238 g/mol. The molecule has 0 fully saturated rings. The first-order chi connectivity index (χ1) is 8.05. The molecule has 0 heterocycles. The first kappa shape index (κ1) is 14.3. The molecule has 0 spiro atoms. The number of ether oxygens (including phenoxy) is 1. The SMILES string of the molecule is CCC(CC)(OC(=O)C(C)C)C1=CCCCC1. The van der Waals surface area contributed by atoms with Crippen molar-refractivity contribution in [1.29, 1.82) is 0 Å². The van der Waals surface area contributed by atoms with Gasteiger partial charge in [-0.05, 0) is 44.1 Å². The van der Waals surface area contributed by atoms with Crippen molar-refractivity contribution < 1.29 is 9.53 Å². The molecule has 1 aliphatic carbocycles. The Bertz CT molecular complexity index is 285. The van der Waals surface area contributed by atoms with E-state index in [1.54, 1.807) is 0 Å². The van der Waals surface area contributed by atoms with Crippen LogP contribution in [0.2, 0.25) is 0 Å². The van der Waals surface area contributed by atoms with Crippen LogP contribution < -0.4 is 0 Å². The van der Waals surface area contributed by atoms with Gasteiger partial charge in [0.2, 0.25) is 0 Å². The summed E-state index contributed by atoms with van der Waals surface area (Å²) >= 11 is 0. The number of hydrogen-bond donors (Lipinski definition) is 0. The molecule has 0 saturated heterocycles. The van der Waals surface area contributed by atoms with Gasteiger partial charge in [0.15, 0.2) is 0 Å². The van der Waals surface area contributed by atoms with Crippen molar-refractivity contribution in [2.24, 2.45) is 5.92 Å². The Morgan fingerprint density at radius 2 is 2.00 bits per heavy atom. The topological polar surface area (TPSA) is 26.3 Å². The van der Waals surface area contributed by atoms with E-state index in [2.05, 4.69) is 19.9 Å². The van der Waals surface area contributed by atoms with Crippen LogP contribution in [0.25, 0.3) is 0 Å². The van der Waals surface area contributed by atoms with E-state index >= 15 is 0 Å². The van der Waals surface area contributed by atoms with Gasteiger partial charge in [0.05, 0.1) is 5.92 Å². The van der Waals surface area contributed by atoms with Crippen LogP contribution in [0.1, 0.15) is 66.2 Å². The largest absolute Gasteiger partial charge is 0.454 e. The van der Waals surface area contributed by atoms with Gasteiger partial charge in [0, 0.05) is 0 Å². The lowest BCUT2D eigenvalue weighted by Gasteiger charge is -2.36. The number of hydrogen-bond acceptors (Lipinski definition) is 2. The zero-order chi connectivity index (χ0) is 12.9. The molecule has 0 saturated carbocycles. The van der Waals surface area contributed by atoms with E-state index in [-0.39, 0.29) is 17.5 Å². The van der Waals surface area contributed by atoms with E-state index in [9.17, 15) is 4.79 Å². The molecule has 2 nitrogen and oxygen atoms in total. The predicted octanol–water partition coefficient (Wildman–Crippen LogP) is 4.24. The van der Waals surface area contributed by atoms with Crippen LogP contribution in [0.5, 0.6) is 0 Å². The minimum absolute atomic E-state index is 0.0448. The summed E-state index contributed by atoms with van der Waals surface area (Å²) in [5, 5.41) is 0. The fraction of sp³-hybridized carbons (Fsp3) is 0.800. The summed E-state index contributed by atoms with van der Waals surface area (Å²) in [7, 11) is 0. The van der Waals surface area contributed by atoms with E-state index < -0.39 is 0 Å². The maximum atomic E-state index is 11.9. The molecule has 0 unspecified atom stereocenters. The molecule has 0 aromatic carbocycles. The van der Waals surface area contributed by atoms with Gasteiger partial charge >= 0.3 is 5.97 Å². The quantitative estimate of drug-likeness (QED) is 0.529. The van der Waals surface area contributed by atoms with Crippen molar-refractivity contribution in [2.75, 3.05) is 0 Å². The summed E-state index contributed by atoms with van der Waals surface area (Å²) in [6.45, 7) is 8.03. The summed E-state index contributed by atoms with van der Waals surface area (Å²) in [4.78, 5) is 11.9. The predicted molar refractivity (Wildman–Crippen MR) is 70.8 cm³/mol. The Labute approximate surface area is 105 Å². The Hall–Kier alpha value is -0.790. The standard InChI is InChI=1S/C15H26O2/c1-5-15(6-2,17-14(16)12(3)4)13-10-8-7-9-11-13/h10,12H,5-9,11H2,1-4H3. The molecule has 0 aromatic heterocycles. The van der Waals surface area contributed by atoms with Crippen LogP contribution in [-0.2, 0) is 9.53 Å². The van der Waals surface area contributed by atoms with Gasteiger partial charge in [-0.3, -0.25) is 4.79 Å². The second-order valence-electron chi connectivity index (χ2n) is 5.25. The molecule has 98 valence electrons. The molecule has 0 amide bonds. The third-order valence-corrected chi connectivity index (χ3v) is 3.79. The molecular formula is C15H26O2. The Morgan fingerprint density at radius 3 is 2.41 bits per heavy atom. The smallest absolute Gasteiger partial charge is 0.309 e. The van der Waals surface area contributed by atoms with Crippen LogP contribution in [-0.4, -0.2) is 11.6 Å². The highest BCUT2D eigenvalue weighted by molar-refractivity contribution is 5.72. The fourth-order valence-electron chi connectivity index (χ4n) is 2.48. The Morgan fingerprint density at radius 1 is 1.35 bits per heavy atom. The van der Waals surface area contributed by atoms with Crippen LogP contribution in [0.15, 0.2) is 11.6 Å². The van der Waals surface area contributed by atoms with E-state index in [4.69, 9.17) is 4.74 Å². The van der Waals surface area contributed by atoms with Gasteiger partial charge < -0.3 is 4.74 Å². The van der Waals surface area contributed by atoms with E-state index in [0.717, 1.165) is 25.7 Å². The normalized spacial score (nSPS) is 16.9.